The van der Waals surface area contributed by atoms with Crippen molar-refractivity contribution in [2.75, 3.05) is 5.32 Å². The normalized spacial score (nSPS) is 11.6. The van der Waals surface area contributed by atoms with Crippen molar-refractivity contribution in [1.29, 1.82) is 0 Å². The van der Waals surface area contributed by atoms with Gasteiger partial charge in [0.05, 0.1) is 11.3 Å². The monoisotopic (exact) mass is 417 g/mol. The molecule has 0 bridgehead atoms. The molecule has 2 aromatic carbocycles. The first-order valence-corrected chi connectivity index (χ1v) is 9.36. The molecule has 1 amide bonds. The highest BCUT2D eigenvalue weighted by atomic mass is 19.4. The van der Waals surface area contributed by atoms with Crippen LogP contribution in [0.5, 0.6) is 11.5 Å². The van der Waals surface area contributed by atoms with Gasteiger partial charge in [-0.3, -0.25) is 9.48 Å². The molecular formula is C22H22F3N3O2. The second-order valence-electron chi connectivity index (χ2n) is 7.31. The number of nitrogens with zero attached hydrogens (tertiary/aromatic N) is 2. The van der Waals surface area contributed by atoms with Crippen molar-refractivity contribution in [3.63, 3.8) is 0 Å². The van der Waals surface area contributed by atoms with Crippen LogP contribution in [-0.4, -0.2) is 15.7 Å². The second kappa shape index (κ2) is 8.22. The molecule has 0 radical (unpaired) electrons. The van der Waals surface area contributed by atoms with Crippen molar-refractivity contribution in [1.82, 2.24) is 9.78 Å². The summed E-state index contributed by atoms with van der Waals surface area (Å²) in [6.07, 6.45) is -3.70. The molecule has 0 saturated heterocycles. The first-order valence-electron chi connectivity index (χ1n) is 9.36. The maximum absolute atomic E-state index is 13.2. The average Bonchev–Trinajstić information content (AvgIpc) is 3.05. The first kappa shape index (κ1) is 21.4. The SMILES string of the molecule is Cc1ccc(C(C)C)c(Oc2ccccc2NC(=O)c2cn(C)nc2C(F)(F)F)c1. The Morgan fingerprint density at radius 2 is 1.83 bits per heavy atom. The molecule has 0 saturated carbocycles. The molecule has 0 atom stereocenters. The van der Waals surface area contributed by atoms with Gasteiger partial charge < -0.3 is 10.1 Å². The highest BCUT2D eigenvalue weighted by Crippen LogP contribution is 2.36. The van der Waals surface area contributed by atoms with Gasteiger partial charge in [0.2, 0.25) is 0 Å². The second-order valence-corrected chi connectivity index (χ2v) is 7.31. The fraction of sp³-hybridized carbons (Fsp3) is 0.273. The number of amides is 1. The van der Waals surface area contributed by atoms with Crippen LogP contribution >= 0.6 is 0 Å². The number of anilines is 1. The van der Waals surface area contributed by atoms with Gasteiger partial charge in [0.1, 0.15) is 5.75 Å². The van der Waals surface area contributed by atoms with Gasteiger partial charge >= 0.3 is 6.18 Å². The molecule has 0 spiro atoms. The van der Waals surface area contributed by atoms with Crippen molar-refractivity contribution in [3.8, 4) is 11.5 Å². The van der Waals surface area contributed by atoms with Gasteiger partial charge in [-0.25, -0.2) is 0 Å². The number of halogens is 3. The third-order valence-corrected chi connectivity index (χ3v) is 4.49. The fourth-order valence-electron chi connectivity index (χ4n) is 3.04. The van der Waals surface area contributed by atoms with Crippen LogP contribution in [-0.2, 0) is 13.2 Å². The molecule has 1 aromatic heterocycles. The largest absolute Gasteiger partial charge is 0.455 e. The van der Waals surface area contributed by atoms with E-state index in [1.807, 2.05) is 39.0 Å². The number of para-hydroxylation sites is 2. The number of hydrogen-bond donors (Lipinski definition) is 1. The van der Waals surface area contributed by atoms with Crippen LogP contribution in [0.3, 0.4) is 0 Å². The Balaban J connectivity index is 1.93. The minimum atomic E-state index is -4.74. The molecule has 1 heterocycles. The van der Waals surface area contributed by atoms with Crippen molar-refractivity contribution in [3.05, 3.63) is 71.0 Å². The highest BCUT2D eigenvalue weighted by Gasteiger charge is 2.39. The Hall–Kier alpha value is -3.29. The van der Waals surface area contributed by atoms with E-state index in [2.05, 4.69) is 10.4 Å². The van der Waals surface area contributed by atoms with E-state index in [4.69, 9.17) is 4.74 Å². The molecule has 0 aliphatic rings. The average molecular weight is 417 g/mol. The molecule has 0 fully saturated rings. The van der Waals surface area contributed by atoms with E-state index in [1.54, 1.807) is 24.3 Å². The zero-order valence-corrected chi connectivity index (χ0v) is 17.0. The number of hydrogen-bond acceptors (Lipinski definition) is 3. The van der Waals surface area contributed by atoms with Crippen LogP contribution in [0.15, 0.2) is 48.7 Å². The molecule has 158 valence electrons. The number of carbonyl (C=O) groups excluding carboxylic acids is 1. The molecule has 30 heavy (non-hydrogen) atoms. The maximum atomic E-state index is 13.2. The molecule has 5 nitrogen and oxygen atoms in total. The summed E-state index contributed by atoms with van der Waals surface area (Å²) < 4.78 is 46.6. The van der Waals surface area contributed by atoms with Crippen molar-refractivity contribution < 1.29 is 22.7 Å². The lowest BCUT2D eigenvalue weighted by Gasteiger charge is -2.17. The fourth-order valence-corrected chi connectivity index (χ4v) is 3.04. The predicted octanol–water partition coefficient (Wildman–Crippen LogP) is 5.92. The number of alkyl halides is 3. The summed E-state index contributed by atoms with van der Waals surface area (Å²) in [6.45, 7) is 6.00. The summed E-state index contributed by atoms with van der Waals surface area (Å²) in [7, 11) is 1.33. The highest BCUT2D eigenvalue weighted by molar-refractivity contribution is 6.05. The predicted molar refractivity (Wildman–Crippen MR) is 108 cm³/mol. The number of rotatable bonds is 5. The molecule has 0 aliphatic carbocycles. The van der Waals surface area contributed by atoms with Gasteiger partial charge in [-0.05, 0) is 42.2 Å². The standard InChI is InChI=1S/C22H22F3N3O2/c1-13(2)15-10-9-14(3)11-19(15)30-18-8-6-5-7-17(18)26-21(29)16-12-28(4)27-20(16)22(23,24)25/h5-13H,1-4H3,(H,26,29). The van der Waals surface area contributed by atoms with E-state index in [0.717, 1.165) is 22.0 Å². The first-order chi connectivity index (χ1) is 14.1. The minimum absolute atomic E-state index is 0.201. The lowest BCUT2D eigenvalue weighted by atomic mass is 10.0. The van der Waals surface area contributed by atoms with E-state index in [-0.39, 0.29) is 11.6 Å². The van der Waals surface area contributed by atoms with Crippen LogP contribution in [0.2, 0.25) is 0 Å². The Labute approximate surface area is 172 Å². The summed E-state index contributed by atoms with van der Waals surface area (Å²) in [4.78, 5) is 12.6. The number of ether oxygens (including phenoxy) is 1. The van der Waals surface area contributed by atoms with Crippen molar-refractivity contribution in [2.45, 2.75) is 32.9 Å². The van der Waals surface area contributed by atoms with Gasteiger partial charge in [0.15, 0.2) is 11.4 Å². The summed E-state index contributed by atoms with van der Waals surface area (Å²) in [5.74, 6) is 0.242. The van der Waals surface area contributed by atoms with Gasteiger partial charge in [-0.2, -0.15) is 18.3 Å². The van der Waals surface area contributed by atoms with Gasteiger partial charge in [-0.1, -0.05) is 38.1 Å². The molecule has 3 rings (SSSR count). The van der Waals surface area contributed by atoms with Gasteiger partial charge in [0, 0.05) is 13.2 Å². The van der Waals surface area contributed by atoms with Crippen LogP contribution < -0.4 is 10.1 Å². The van der Waals surface area contributed by atoms with Gasteiger partial charge in [-0.15, -0.1) is 0 Å². The molecule has 0 aliphatic heterocycles. The van der Waals surface area contributed by atoms with E-state index in [9.17, 15) is 18.0 Å². The number of aryl methyl sites for hydroxylation is 2. The topological polar surface area (TPSA) is 56.1 Å². The quantitative estimate of drug-likeness (QED) is 0.561. The minimum Gasteiger partial charge on any atom is -0.455 e. The lowest BCUT2D eigenvalue weighted by Crippen LogP contribution is -2.18. The number of benzene rings is 2. The van der Waals surface area contributed by atoms with E-state index >= 15 is 0 Å². The zero-order valence-electron chi connectivity index (χ0n) is 17.0. The van der Waals surface area contributed by atoms with Crippen LogP contribution in [0.1, 0.15) is 46.9 Å². The number of aromatic nitrogens is 2. The lowest BCUT2D eigenvalue weighted by molar-refractivity contribution is -0.141. The van der Waals surface area contributed by atoms with Crippen LogP contribution in [0.25, 0.3) is 0 Å². The molecule has 1 N–H and O–H groups in total. The van der Waals surface area contributed by atoms with Crippen LogP contribution in [0, 0.1) is 6.92 Å². The summed E-state index contributed by atoms with van der Waals surface area (Å²) in [5, 5.41) is 5.89. The Bertz CT molecular complexity index is 1070. The van der Waals surface area contributed by atoms with Crippen molar-refractivity contribution in [2.24, 2.45) is 7.05 Å². The van der Waals surface area contributed by atoms with Gasteiger partial charge in [0.25, 0.3) is 5.91 Å². The third-order valence-electron chi connectivity index (χ3n) is 4.49. The molecule has 0 unspecified atom stereocenters. The van der Waals surface area contributed by atoms with E-state index in [0.29, 0.717) is 11.5 Å². The summed E-state index contributed by atoms with van der Waals surface area (Å²) in [6, 6.07) is 12.4. The Morgan fingerprint density at radius 1 is 1.13 bits per heavy atom. The van der Waals surface area contributed by atoms with E-state index < -0.39 is 23.3 Å². The third kappa shape index (κ3) is 4.64. The Morgan fingerprint density at radius 3 is 2.50 bits per heavy atom. The smallest absolute Gasteiger partial charge is 0.435 e. The van der Waals surface area contributed by atoms with E-state index in [1.165, 1.54) is 7.05 Å². The molecule has 8 heteroatoms. The van der Waals surface area contributed by atoms with Crippen molar-refractivity contribution >= 4 is 11.6 Å². The number of carbonyl (C=O) groups is 1. The maximum Gasteiger partial charge on any atom is 0.435 e. The Kier molecular flexibility index (Phi) is 5.87. The van der Waals surface area contributed by atoms with Crippen LogP contribution in [0.4, 0.5) is 18.9 Å². The molecular weight excluding hydrogens is 395 g/mol. The number of nitrogens with one attached hydrogen (secondary N) is 1. The summed E-state index contributed by atoms with van der Waals surface area (Å²) >= 11 is 0. The zero-order chi connectivity index (χ0) is 22.1. The molecule has 3 aromatic rings. The summed E-state index contributed by atoms with van der Waals surface area (Å²) in [5.41, 5.74) is 0.449.